The number of nitrogens with zero attached hydrogens (tertiary/aromatic N) is 1. The number of aliphatic imine (C=N–C) groups is 1. The molecule has 0 saturated heterocycles. The molecule has 0 aromatic heterocycles. The van der Waals surface area contributed by atoms with Crippen molar-refractivity contribution in [1.29, 1.82) is 0 Å². The van der Waals surface area contributed by atoms with E-state index in [1.54, 1.807) is 19.1 Å². The molecule has 1 heterocycles. The number of nitrogens with two attached hydrogens (primary N) is 1. The van der Waals surface area contributed by atoms with Crippen molar-refractivity contribution < 1.29 is 14.6 Å². The zero-order chi connectivity index (χ0) is 17.9. The van der Waals surface area contributed by atoms with Crippen molar-refractivity contribution in [2.45, 2.75) is 31.7 Å². The Balaban J connectivity index is 2.08. The van der Waals surface area contributed by atoms with Crippen LogP contribution in [0.2, 0.25) is 0 Å². The first kappa shape index (κ1) is 17.2. The molecule has 1 aliphatic heterocycles. The fourth-order valence-electron chi connectivity index (χ4n) is 3.47. The highest BCUT2D eigenvalue weighted by Crippen LogP contribution is 2.46. The number of fused-ring (bicyclic) bond motifs is 1. The second kappa shape index (κ2) is 7.07. The molecule has 2 aromatic rings. The predicted octanol–water partition coefficient (Wildman–Crippen LogP) is 3.20. The van der Waals surface area contributed by atoms with E-state index < -0.39 is 5.41 Å². The van der Waals surface area contributed by atoms with Gasteiger partial charge in [-0.1, -0.05) is 30.3 Å². The molecule has 0 amide bonds. The molecule has 1 aliphatic rings. The van der Waals surface area contributed by atoms with Crippen LogP contribution < -0.4 is 5.73 Å². The van der Waals surface area contributed by atoms with Crippen LogP contribution in [0.4, 0.5) is 5.69 Å². The Labute approximate surface area is 147 Å². The molecular weight excluding hydrogens is 316 g/mol. The van der Waals surface area contributed by atoms with Gasteiger partial charge in [-0.15, -0.1) is 0 Å². The van der Waals surface area contributed by atoms with E-state index in [1.165, 1.54) is 0 Å². The summed E-state index contributed by atoms with van der Waals surface area (Å²) in [7, 11) is 0. The van der Waals surface area contributed by atoms with Crippen LogP contribution in [0.25, 0.3) is 0 Å². The monoisotopic (exact) mass is 338 g/mol. The Morgan fingerprint density at radius 1 is 1.24 bits per heavy atom. The van der Waals surface area contributed by atoms with E-state index in [2.05, 4.69) is 4.99 Å². The topological polar surface area (TPSA) is 84.9 Å². The maximum Gasteiger partial charge on any atom is 0.305 e. The number of phenols is 1. The second-order valence-corrected chi connectivity index (χ2v) is 6.10. The largest absolute Gasteiger partial charge is 0.508 e. The van der Waals surface area contributed by atoms with E-state index >= 15 is 0 Å². The number of carbonyl (C=O) groups excluding carboxylic acids is 1. The number of carbonyl (C=O) groups is 1. The van der Waals surface area contributed by atoms with Crippen molar-refractivity contribution in [2.24, 2.45) is 10.7 Å². The first-order valence-corrected chi connectivity index (χ1v) is 8.43. The Morgan fingerprint density at radius 2 is 2.04 bits per heavy atom. The first-order chi connectivity index (χ1) is 12.1. The molecular formula is C20H22N2O3. The summed E-state index contributed by atoms with van der Waals surface area (Å²) >= 11 is 0. The van der Waals surface area contributed by atoms with Crippen LogP contribution in [0, 0.1) is 0 Å². The lowest BCUT2D eigenvalue weighted by Gasteiger charge is -2.30. The number of hydrogen-bond donors (Lipinski definition) is 2. The summed E-state index contributed by atoms with van der Waals surface area (Å²) in [4.78, 5) is 16.5. The van der Waals surface area contributed by atoms with E-state index in [0.29, 0.717) is 19.6 Å². The minimum atomic E-state index is -0.550. The number of ether oxygens (including phenoxy) is 1. The quantitative estimate of drug-likeness (QED) is 0.792. The van der Waals surface area contributed by atoms with Crippen molar-refractivity contribution >= 4 is 17.9 Å². The minimum absolute atomic E-state index is 0.171. The van der Waals surface area contributed by atoms with Crippen LogP contribution in [0.15, 0.2) is 47.5 Å². The lowest BCUT2D eigenvalue weighted by atomic mass is 9.71. The van der Waals surface area contributed by atoms with Gasteiger partial charge >= 0.3 is 5.97 Å². The van der Waals surface area contributed by atoms with Gasteiger partial charge in [0.2, 0.25) is 0 Å². The third-order valence-corrected chi connectivity index (χ3v) is 4.63. The standard InChI is InChI=1S/C20H22N2O3/c1-2-25-19(24)9-10-20(16-6-4-3-5-14(16)12-21)13-22-18-11-15(23)7-8-17(18)20/h3-8,11,13,23H,2,9-10,12,21H2,1H3. The van der Waals surface area contributed by atoms with E-state index in [1.807, 2.05) is 36.5 Å². The van der Waals surface area contributed by atoms with Crippen LogP contribution in [0.3, 0.4) is 0 Å². The molecule has 1 atom stereocenters. The van der Waals surface area contributed by atoms with Gasteiger partial charge < -0.3 is 15.6 Å². The van der Waals surface area contributed by atoms with Gasteiger partial charge in [0.05, 0.1) is 17.7 Å². The smallest absolute Gasteiger partial charge is 0.305 e. The molecule has 0 aliphatic carbocycles. The first-order valence-electron chi connectivity index (χ1n) is 8.43. The molecule has 3 N–H and O–H groups in total. The van der Waals surface area contributed by atoms with Gasteiger partial charge in [0.1, 0.15) is 5.75 Å². The van der Waals surface area contributed by atoms with Crippen LogP contribution in [-0.4, -0.2) is 23.9 Å². The molecule has 0 fully saturated rings. The average molecular weight is 338 g/mol. The summed E-state index contributed by atoms with van der Waals surface area (Å²) < 4.78 is 5.10. The number of aromatic hydroxyl groups is 1. The highest BCUT2D eigenvalue weighted by molar-refractivity contribution is 5.90. The number of rotatable bonds is 6. The highest BCUT2D eigenvalue weighted by Gasteiger charge is 2.39. The minimum Gasteiger partial charge on any atom is -0.508 e. The van der Waals surface area contributed by atoms with Gasteiger partial charge in [-0.3, -0.25) is 9.79 Å². The summed E-state index contributed by atoms with van der Waals surface area (Å²) in [6, 6.07) is 13.1. The zero-order valence-electron chi connectivity index (χ0n) is 14.2. The number of hydrogen-bond acceptors (Lipinski definition) is 5. The third-order valence-electron chi connectivity index (χ3n) is 4.63. The number of benzene rings is 2. The molecule has 5 nitrogen and oxygen atoms in total. The Morgan fingerprint density at radius 3 is 2.80 bits per heavy atom. The molecule has 0 saturated carbocycles. The molecule has 1 unspecified atom stereocenters. The van der Waals surface area contributed by atoms with Crippen molar-refractivity contribution in [3.8, 4) is 5.75 Å². The van der Waals surface area contributed by atoms with Crippen molar-refractivity contribution in [2.75, 3.05) is 6.61 Å². The summed E-state index contributed by atoms with van der Waals surface area (Å²) in [5.41, 5.74) is 9.13. The lowest BCUT2D eigenvalue weighted by molar-refractivity contribution is -0.143. The van der Waals surface area contributed by atoms with Crippen molar-refractivity contribution in [1.82, 2.24) is 0 Å². The molecule has 2 aromatic carbocycles. The third kappa shape index (κ3) is 3.15. The highest BCUT2D eigenvalue weighted by atomic mass is 16.5. The Hall–Kier alpha value is -2.66. The van der Waals surface area contributed by atoms with Crippen LogP contribution in [0.1, 0.15) is 36.5 Å². The number of esters is 1. The predicted molar refractivity (Wildman–Crippen MR) is 97.2 cm³/mol. The molecule has 0 bridgehead atoms. The fourth-order valence-corrected chi connectivity index (χ4v) is 3.47. The van der Waals surface area contributed by atoms with Gasteiger partial charge in [0.25, 0.3) is 0 Å². The van der Waals surface area contributed by atoms with Crippen LogP contribution >= 0.6 is 0 Å². The van der Waals surface area contributed by atoms with E-state index in [-0.39, 0.29) is 18.1 Å². The van der Waals surface area contributed by atoms with Crippen LogP contribution in [0.5, 0.6) is 5.75 Å². The molecule has 0 spiro atoms. The molecule has 5 heteroatoms. The summed E-state index contributed by atoms with van der Waals surface area (Å²) in [5.74, 6) is -0.0584. The summed E-state index contributed by atoms with van der Waals surface area (Å²) in [5, 5.41) is 9.76. The number of phenolic OH excluding ortho intramolecular Hbond substituents is 1. The van der Waals surface area contributed by atoms with E-state index in [0.717, 1.165) is 22.4 Å². The lowest BCUT2D eigenvalue weighted by Crippen LogP contribution is -2.30. The normalized spacial score (nSPS) is 18.2. The van der Waals surface area contributed by atoms with Gasteiger partial charge in [-0.05, 0) is 36.1 Å². The van der Waals surface area contributed by atoms with Gasteiger partial charge in [0.15, 0.2) is 0 Å². The molecule has 130 valence electrons. The molecule has 3 rings (SSSR count). The van der Waals surface area contributed by atoms with Gasteiger partial charge in [-0.25, -0.2) is 0 Å². The van der Waals surface area contributed by atoms with E-state index in [9.17, 15) is 9.90 Å². The molecule has 25 heavy (non-hydrogen) atoms. The second-order valence-electron chi connectivity index (χ2n) is 6.10. The van der Waals surface area contributed by atoms with Crippen LogP contribution in [-0.2, 0) is 21.5 Å². The van der Waals surface area contributed by atoms with Gasteiger partial charge in [0, 0.05) is 25.2 Å². The molecule has 0 radical (unpaired) electrons. The SMILES string of the molecule is CCOC(=O)CCC1(c2ccccc2CN)C=Nc2cc(O)ccc21. The summed E-state index contributed by atoms with van der Waals surface area (Å²) in [6.45, 7) is 2.56. The average Bonchev–Trinajstić information content (AvgIpc) is 2.99. The van der Waals surface area contributed by atoms with Crippen molar-refractivity contribution in [3.63, 3.8) is 0 Å². The maximum atomic E-state index is 12.0. The Kier molecular flexibility index (Phi) is 4.86. The summed E-state index contributed by atoms with van der Waals surface area (Å²) in [6.07, 6.45) is 2.67. The maximum absolute atomic E-state index is 12.0. The fraction of sp³-hybridized carbons (Fsp3) is 0.300. The van der Waals surface area contributed by atoms with Crippen molar-refractivity contribution in [3.05, 3.63) is 59.2 Å². The Bertz CT molecular complexity index is 816. The van der Waals surface area contributed by atoms with Gasteiger partial charge in [-0.2, -0.15) is 0 Å². The van der Waals surface area contributed by atoms with E-state index in [4.69, 9.17) is 10.5 Å². The zero-order valence-corrected chi connectivity index (χ0v) is 14.2.